The van der Waals surface area contributed by atoms with Crippen molar-refractivity contribution in [1.29, 1.82) is 0 Å². The number of aliphatic imine (C=N–C) groups is 1. The van der Waals surface area contributed by atoms with Gasteiger partial charge in [0.1, 0.15) is 0 Å². The van der Waals surface area contributed by atoms with Crippen LogP contribution < -0.4 is 4.74 Å². The van der Waals surface area contributed by atoms with Crippen LogP contribution in [0.3, 0.4) is 0 Å². The molecule has 0 spiro atoms. The molecule has 2 aliphatic rings. The van der Waals surface area contributed by atoms with Crippen molar-refractivity contribution in [2.45, 2.75) is 31.0 Å². The third-order valence-corrected chi connectivity index (χ3v) is 5.65. The number of alkyl halides is 5. The highest BCUT2D eigenvalue weighted by molar-refractivity contribution is 5.95. The fourth-order valence-corrected chi connectivity index (χ4v) is 3.74. The molecule has 5 rings (SSSR count). The van der Waals surface area contributed by atoms with Gasteiger partial charge in [0.2, 0.25) is 5.88 Å². The van der Waals surface area contributed by atoms with Gasteiger partial charge in [0.25, 0.3) is 11.8 Å². The molecular formula is C24H19F5N4O4. The van der Waals surface area contributed by atoms with E-state index in [1.807, 2.05) is 18.2 Å². The number of aliphatic carboxylic acids is 1. The minimum atomic E-state index is -5.08. The molecule has 37 heavy (non-hydrogen) atoms. The first-order chi connectivity index (χ1) is 17.4. The lowest BCUT2D eigenvalue weighted by Crippen LogP contribution is -2.55. The summed E-state index contributed by atoms with van der Waals surface area (Å²) in [6, 6.07) is 12.5. The Morgan fingerprint density at radius 3 is 2.59 bits per heavy atom. The summed E-state index contributed by atoms with van der Waals surface area (Å²) in [6.45, 7) is -0.279. The van der Waals surface area contributed by atoms with Crippen LogP contribution in [0.4, 0.5) is 27.8 Å². The van der Waals surface area contributed by atoms with Gasteiger partial charge >= 0.3 is 12.1 Å². The van der Waals surface area contributed by atoms with Crippen molar-refractivity contribution >= 4 is 34.8 Å². The van der Waals surface area contributed by atoms with E-state index in [9.17, 15) is 26.7 Å². The fraction of sp³-hybridized carbons (Fsp3) is 0.292. The summed E-state index contributed by atoms with van der Waals surface area (Å²) < 4.78 is 66.5. The number of rotatable bonds is 3. The number of halogens is 5. The Kier molecular flexibility index (Phi) is 7.05. The Balaban J connectivity index is 0.000000405. The first-order valence-electron chi connectivity index (χ1n) is 10.9. The molecule has 0 unspecified atom stereocenters. The molecule has 2 aliphatic heterocycles. The monoisotopic (exact) mass is 522 g/mol. The molecular weight excluding hydrogens is 503 g/mol. The van der Waals surface area contributed by atoms with E-state index in [0.29, 0.717) is 23.3 Å². The van der Waals surface area contributed by atoms with Crippen LogP contribution in [-0.2, 0) is 11.2 Å². The number of hydrogen-bond donors (Lipinski definition) is 1. The number of para-hydroxylation sites is 1. The number of benzene rings is 1. The predicted molar refractivity (Wildman–Crippen MR) is 121 cm³/mol. The van der Waals surface area contributed by atoms with Crippen LogP contribution >= 0.6 is 0 Å². The number of amides is 1. The molecule has 0 radical (unpaired) electrons. The number of piperidine rings is 1. The maximum absolute atomic E-state index is 14.6. The van der Waals surface area contributed by atoms with Crippen LogP contribution in [0.15, 0.2) is 53.7 Å². The zero-order valence-corrected chi connectivity index (χ0v) is 19.0. The molecule has 1 aromatic carbocycles. The smallest absolute Gasteiger partial charge is 0.475 e. The summed E-state index contributed by atoms with van der Waals surface area (Å²) in [4.78, 5) is 35.8. The number of carboxylic acids is 1. The number of likely N-dealkylation sites (tertiary alicyclic amines) is 1. The maximum atomic E-state index is 14.6. The molecule has 13 heteroatoms. The van der Waals surface area contributed by atoms with Crippen molar-refractivity contribution in [3.8, 4) is 5.88 Å². The number of pyridine rings is 2. The van der Waals surface area contributed by atoms with Crippen molar-refractivity contribution < 1.29 is 41.4 Å². The lowest BCUT2D eigenvalue weighted by molar-refractivity contribution is -0.192. The Morgan fingerprint density at radius 2 is 1.86 bits per heavy atom. The number of carbonyl (C=O) groups is 2. The molecule has 194 valence electrons. The summed E-state index contributed by atoms with van der Waals surface area (Å²) >= 11 is 0. The van der Waals surface area contributed by atoms with Gasteiger partial charge in [-0.3, -0.25) is 4.79 Å². The van der Waals surface area contributed by atoms with Gasteiger partial charge in [-0.25, -0.2) is 28.5 Å². The second-order valence-corrected chi connectivity index (χ2v) is 8.24. The lowest BCUT2D eigenvalue weighted by Gasteiger charge is -2.37. The van der Waals surface area contributed by atoms with Gasteiger partial charge in [-0.05, 0) is 18.2 Å². The molecule has 0 saturated carbocycles. The lowest BCUT2D eigenvalue weighted by atomic mass is 10.0. The molecule has 4 heterocycles. The van der Waals surface area contributed by atoms with E-state index in [2.05, 4.69) is 15.0 Å². The zero-order valence-electron chi connectivity index (χ0n) is 19.0. The van der Waals surface area contributed by atoms with Gasteiger partial charge in [0.15, 0.2) is 11.9 Å². The highest BCUT2D eigenvalue weighted by atomic mass is 19.4. The second kappa shape index (κ2) is 10.1. The molecule has 1 fully saturated rings. The quantitative estimate of drug-likeness (QED) is 0.510. The third-order valence-electron chi connectivity index (χ3n) is 5.65. The predicted octanol–water partition coefficient (Wildman–Crippen LogP) is 4.45. The van der Waals surface area contributed by atoms with E-state index in [0.717, 1.165) is 10.9 Å². The van der Waals surface area contributed by atoms with Crippen molar-refractivity contribution in [2.24, 2.45) is 4.99 Å². The van der Waals surface area contributed by atoms with Gasteiger partial charge < -0.3 is 14.7 Å². The van der Waals surface area contributed by atoms with Gasteiger partial charge in [-0.1, -0.05) is 18.2 Å². The molecule has 1 N–H and O–H groups in total. The number of fused-ring (bicyclic) bond motifs is 2. The van der Waals surface area contributed by atoms with Crippen LogP contribution in [0.1, 0.15) is 22.3 Å². The Labute approximate surface area is 206 Å². The standard InChI is InChI=1S/C22H18F2N4O2.C2HF3O2/c23-22(24)8-10-28(21(29)16-11-15-7-9-25-20(15)26-12-16)13-18(22)30-19-6-5-14-3-1-2-4-17(14)27-19;3-2(4,5)1(6)7/h1-6,9,11-12,18H,7-8,10,13H2;(H,6,7)/t18-;/m0./s1. The van der Waals surface area contributed by atoms with Crippen LogP contribution in [0, 0.1) is 0 Å². The molecule has 2 aromatic heterocycles. The van der Waals surface area contributed by atoms with E-state index in [1.165, 1.54) is 11.1 Å². The summed E-state index contributed by atoms with van der Waals surface area (Å²) in [6.07, 6.45) is -3.25. The molecule has 3 aromatic rings. The number of hydrogen-bond acceptors (Lipinski definition) is 6. The Bertz CT molecular complexity index is 1360. The number of ether oxygens (including phenoxy) is 1. The zero-order chi connectivity index (χ0) is 26.8. The van der Waals surface area contributed by atoms with Gasteiger partial charge in [0, 0.05) is 48.8 Å². The maximum Gasteiger partial charge on any atom is 0.490 e. The first-order valence-corrected chi connectivity index (χ1v) is 10.9. The first kappa shape index (κ1) is 25.9. The summed E-state index contributed by atoms with van der Waals surface area (Å²) in [7, 11) is 0. The van der Waals surface area contributed by atoms with Crippen LogP contribution in [0.25, 0.3) is 10.9 Å². The minimum Gasteiger partial charge on any atom is -0.475 e. The summed E-state index contributed by atoms with van der Waals surface area (Å²) in [5.74, 6) is -5.45. The molecule has 1 atom stereocenters. The number of nitrogens with zero attached hydrogens (tertiary/aromatic N) is 4. The molecule has 1 amide bonds. The number of carbonyl (C=O) groups excluding carboxylic acids is 1. The van der Waals surface area contributed by atoms with Crippen molar-refractivity contribution in [3.05, 3.63) is 59.8 Å². The molecule has 1 saturated heterocycles. The highest BCUT2D eigenvalue weighted by Gasteiger charge is 2.47. The van der Waals surface area contributed by atoms with E-state index >= 15 is 0 Å². The SMILES string of the molecule is O=C(O)C(F)(F)F.O=C(c1cnc2c(c1)CC=N2)N1CCC(F)(F)[C@@H](Oc2ccc3ccccc3n2)C1. The average molecular weight is 522 g/mol. The topological polar surface area (TPSA) is 105 Å². The normalized spacial score (nSPS) is 18.1. The van der Waals surface area contributed by atoms with E-state index in [-0.39, 0.29) is 24.9 Å². The van der Waals surface area contributed by atoms with Crippen LogP contribution in [0.2, 0.25) is 0 Å². The molecule has 8 nitrogen and oxygen atoms in total. The number of carboxylic acid groups (broad SMARTS) is 1. The van der Waals surface area contributed by atoms with Crippen molar-refractivity contribution in [1.82, 2.24) is 14.9 Å². The third kappa shape index (κ3) is 5.98. The van der Waals surface area contributed by atoms with Crippen LogP contribution in [0.5, 0.6) is 5.88 Å². The van der Waals surface area contributed by atoms with Gasteiger partial charge in [0.05, 0.1) is 17.6 Å². The van der Waals surface area contributed by atoms with E-state index < -0.39 is 30.6 Å². The Morgan fingerprint density at radius 1 is 1.14 bits per heavy atom. The van der Waals surface area contributed by atoms with Gasteiger partial charge in [-0.15, -0.1) is 0 Å². The van der Waals surface area contributed by atoms with Gasteiger partial charge in [-0.2, -0.15) is 13.2 Å². The van der Waals surface area contributed by atoms with E-state index in [1.54, 1.807) is 30.5 Å². The summed E-state index contributed by atoms with van der Waals surface area (Å²) in [5.41, 5.74) is 1.89. The molecule has 0 bridgehead atoms. The average Bonchev–Trinajstić information content (AvgIpc) is 3.32. The molecule has 0 aliphatic carbocycles. The fourth-order valence-electron chi connectivity index (χ4n) is 3.74. The van der Waals surface area contributed by atoms with Crippen LogP contribution in [-0.4, -0.2) is 69.4 Å². The highest BCUT2D eigenvalue weighted by Crippen LogP contribution is 2.33. The second-order valence-electron chi connectivity index (χ2n) is 8.24. The van der Waals surface area contributed by atoms with E-state index in [4.69, 9.17) is 14.6 Å². The largest absolute Gasteiger partial charge is 0.490 e. The Hall–Kier alpha value is -4.16. The van der Waals surface area contributed by atoms with Crippen molar-refractivity contribution in [3.63, 3.8) is 0 Å². The minimum absolute atomic E-state index is 0.0512. The number of aromatic nitrogens is 2. The summed E-state index contributed by atoms with van der Waals surface area (Å²) in [5, 5.41) is 8.02. The van der Waals surface area contributed by atoms with Crippen molar-refractivity contribution in [2.75, 3.05) is 13.1 Å².